The van der Waals surface area contributed by atoms with E-state index in [1.54, 1.807) is 0 Å². The molecule has 2 aliphatic heterocycles. The van der Waals surface area contributed by atoms with E-state index in [4.69, 9.17) is 0 Å². The monoisotopic (exact) mass is 278 g/mol. The van der Waals surface area contributed by atoms with Crippen LogP contribution >= 0.6 is 0 Å². The van der Waals surface area contributed by atoms with Crippen molar-refractivity contribution in [1.29, 1.82) is 0 Å². The number of hydrogen-bond donors (Lipinski definition) is 1. The normalized spacial score (nSPS) is 27.5. The Morgan fingerprint density at radius 3 is 2.53 bits per heavy atom. The second-order valence-electron chi connectivity index (χ2n) is 5.48. The van der Waals surface area contributed by atoms with Crippen LogP contribution in [0.2, 0.25) is 0 Å². The third kappa shape index (κ3) is 3.11. The van der Waals surface area contributed by atoms with E-state index < -0.39 is 10.8 Å². The molecule has 0 atom stereocenters. The first-order chi connectivity index (χ1) is 9.33. The number of hydrogen-bond acceptors (Lipinski definition) is 3. The topological polar surface area (TPSA) is 32.3 Å². The predicted molar refractivity (Wildman–Crippen MR) is 82.4 cm³/mol. The van der Waals surface area contributed by atoms with Crippen LogP contribution in [0.3, 0.4) is 0 Å². The Kier molecular flexibility index (Phi) is 4.06. The van der Waals surface area contributed by atoms with Crippen molar-refractivity contribution in [1.82, 2.24) is 0 Å². The largest absolute Gasteiger partial charge is 0.381 e. The molecular weight excluding hydrogens is 256 g/mol. The van der Waals surface area contributed by atoms with Gasteiger partial charge in [0.05, 0.1) is 11.4 Å². The minimum atomic E-state index is -0.577. The van der Waals surface area contributed by atoms with E-state index in [0.717, 1.165) is 24.3 Å². The minimum absolute atomic E-state index is 0.487. The summed E-state index contributed by atoms with van der Waals surface area (Å²) in [5.74, 6) is 1.70. The second kappa shape index (κ2) is 5.95. The van der Waals surface area contributed by atoms with Crippen molar-refractivity contribution in [2.45, 2.75) is 31.7 Å². The van der Waals surface area contributed by atoms with Gasteiger partial charge in [-0.2, -0.15) is 0 Å². The Balaban J connectivity index is 1.71. The summed E-state index contributed by atoms with van der Waals surface area (Å²) in [4.78, 5) is 2.48. The van der Waals surface area contributed by atoms with Crippen LogP contribution in [0.1, 0.15) is 25.7 Å². The van der Waals surface area contributed by atoms with Gasteiger partial charge in [0.15, 0.2) is 0 Å². The van der Waals surface area contributed by atoms with Crippen molar-refractivity contribution in [2.24, 2.45) is 0 Å². The first-order valence-corrected chi connectivity index (χ1v) is 8.77. The van der Waals surface area contributed by atoms with Gasteiger partial charge in [-0.25, -0.2) is 0 Å². The highest BCUT2D eigenvalue weighted by atomic mass is 32.2. The van der Waals surface area contributed by atoms with Gasteiger partial charge in [0.2, 0.25) is 0 Å². The van der Waals surface area contributed by atoms with Gasteiger partial charge < -0.3 is 10.2 Å². The van der Waals surface area contributed by atoms with Gasteiger partial charge in [-0.05, 0) is 37.8 Å². The molecule has 1 aromatic rings. The van der Waals surface area contributed by atoms with Crippen LogP contribution < -0.4 is 10.2 Å². The maximum atomic E-state index is 11.4. The van der Waals surface area contributed by atoms with Gasteiger partial charge in [-0.15, -0.1) is 0 Å². The minimum Gasteiger partial charge on any atom is -0.381 e. The first kappa shape index (κ1) is 13.0. The van der Waals surface area contributed by atoms with Crippen molar-refractivity contribution in [3.8, 4) is 0 Å². The van der Waals surface area contributed by atoms with Crippen LogP contribution in [0.15, 0.2) is 24.3 Å². The summed E-state index contributed by atoms with van der Waals surface area (Å²) in [6.45, 7) is 2.35. The summed E-state index contributed by atoms with van der Waals surface area (Å²) in [7, 11) is -0.577. The van der Waals surface area contributed by atoms with Crippen molar-refractivity contribution >= 4 is 22.2 Å². The Labute approximate surface area is 117 Å². The van der Waals surface area contributed by atoms with E-state index in [2.05, 4.69) is 34.5 Å². The second-order valence-corrected chi connectivity index (χ2v) is 7.17. The quantitative estimate of drug-likeness (QED) is 0.922. The van der Waals surface area contributed by atoms with Gasteiger partial charge in [-0.3, -0.25) is 4.21 Å². The van der Waals surface area contributed by atoms with Crippen molar-refractivity contribution < 1.29 is 4.21 Å². The highest BCUT2D eigenvalue weighted by Gasteiger charge is 2.20. The summed E-state index contributed by atoms with van der Waals surface area (Å²) in [5.41, 5.74) is 2.59. The molecule has 19 heavy (non-hydrogen) atoms. The third-order valence-electron chi connectivity index (χ3n) is 4.10. The molecule has 2 fully saturated rings. The van der Waals surface area contributed by atoms with Crippen LogP contribution in [-0.4, -0.2) is 34.8 Å². The molecule has 3 nitrogen and oxygen atoms in total. The Hall–Kier alpha value is -1.03. The van der Waals surface area contributed by atoms with Crippen LogP contribution in [0.5, 0.6) is 0 Å². The number of nitrogens with one attached hydrogen (secondary N) is 1. The van der Waals surface area contributed by atoms with Crippen molar-refractivity contribution in [2.75, 3.05) is 34.8 Å². The molecule has 1 aromatic carbocycles. The Morgan fingerprint density at radius 2 is 1.79 bits per heavy atom. The predicted octanol–water partition coefficient (Wildman–Crippen LogP) is 2.61. The van der Waals surface area contributed by atoms with E-state index in [1.165, 1.54) is 37.3 Å². The lowest BCUT2D eigenvalue weighted by atomic mass is 10.1. The highest BCUT2D eigenvalue weighted by Crippen LogP contribution is 2.30. The lowest BCUT2D eigenvalue weighted by Crippen LogP contribution is -2.30. The van der Waals surface area contributed by atoms with Gasteiger partial charge in [0.25, 0.3) is 0 Å². The summed E-state index contributed by atoms with van der Waals surface area (Å²) in [6, 6.07) is 9.10. The molecule has 0 amide bonds. The molecule has 1 N–H and O–H groups in total. The number of nitrogens with zero attached hydrogens (tertiary/aromatic N) is 1. The smallest absolute Gasteiger partial charge is 0.0602 e. The van der Waals surface area contributed by atoms with Crippen molar-refractivity contribution in [3.05, 3.63) is 24.3 Å². The number of para-hydroxylation sites is 2. The molecule has 3 rings (SSSR count). The zero-order valence-electron chi connectivity index (χ0n) is 11.3. The van der Waals surface area contributed by atoms with Crippen LogP contribution in [0.4, 0.5) is 11.4 Å². The fraction of sp³-hybridized carbons (Fsp3) is 0.600. The van der Waals surface area contributed by atoms with Gasteiger partial charge in [-0.1, -0.05) is 12.1 Å². The molecule has 0 unspecified atom stereocenters. The summed E-state index contributed by atoms with van der Waals surface area (Å²) in [5, 5.41) is 3.67. The fourth-order valence-electron chi connectivity index (χ4n) is 2.99. The zero-order chi connectivity index (χ0) is 13.1. The standard InChI is InChI=1S/C15H22N2OS/c18-19-11-7-13(8-12-19)16-14-5-1-2-6-15(14)17-9-3-4-10-17/h1-2,5-6,13,16H,3-4,7-12H2. The maximum absolute atomic E-state index is 11.4. The maximum Gasteiger partial charge on any atom is 0.0602 e. The highest BCUT2D eigenvalue weighted by molar-refractivity contribution is 7.85. The van der Waals surface area contributed by atoms with Gasteiger partial charge in [0.1, 0.15) is 0 Å². The molecular formula is C15H22N2OS. The lowest BCUT2D eigenvalue weighted by molar-refractivity contribution is 0.624. The zero-order valence-corrected chi connectivity index (χ0v) is 12.1. The average Bonchev–Trinajstić information content (AvgIpc) is 2.96. The summed E-state index contributed by atoms with van der Waals surface area (Å²) in [6.07, 6.45) is 4.66. The number of anilines is 2. The summed E-state index contributed by atoms with van der Waals surface area (Å²) >= 11 is 0. The summed E-state index contributed by atoms with van der Waals surface area (Å²) < 4.78 is 11.4. The number of rotatable bonds is 3. The van der Waals surface area contributed by atoms with Gasteiger partial charge >= 0.3 is 0 Å². The van der Waals surface area contributed by atoms with E-state index in [9.17, 15) is 4.21 Å². The lowest BCUT2D eigenvalue weighted by Gasteiger charge is -2.27. The van der Waals surface area contributed by atoms with E-state index in [-0.39, 0.29) is 0 Å². The number of benzene rings is 1. The first-order valence-electron chi connectivity index (χ1n) is 7.28. The molecule has 2 heterocycles. The Morgan fingerprint density at radius 1 is 1.11 bits per heavy atom. The van der Waals surface area contributed by atoms with Crippen LogP contribution in [0.25, 0.3) is 0 Å². The molecule has 2 saturated heterocycles. The molecule has 0 spiro atoms. The molecule has 0 radical (unpaired) electrons. The SMILES string of the molecule is O=S1CCC(Nc2ccccc2N2CCCC2)CC1. The molecule has 0 bridgehead atoms. The fourth-order valence-corrected chi connectivity index (χ4v) is 4.29. The molecule has 0 aliphatic carbocycles. The molecule has 2 aliphatic rings. The van der Waals surface area contributed by atoms with E-state index in [1.807, 2.05) is 0 Å². The van der Waals surface area contributed by atoms with E-state index in [0.29, 0.717) is 6.04 Å². The third-order valence-corrected chi connectivity index (χ3v) is 5.48. The van der Waals surface area contributed by atoms with Gasteiger partial charge in [0, 0.05) is 41.4 Å². The molecule has 4 heteroatoms. The van der Waals surface area contributed by atoms with Crippen LogP contribution in [-0.2, 0) is 10.8 Å². The molecule has 0 aromatic heterocycles. The van der Waals surface area contributed by atoms with E-state index >= 15 is 0 Å². The van der Waals surface area contributed by atoms with Crippen molar-refractivity contribution in [3.63, 3.8) is 0 Å². The Bertz CT molecular complexity index is 447. The molecule has 104 valence electrons. The molecule has 0 saturated carbocycles. The van der Waals surface area contributed by atoms with Crippen LogP contribution in [0, 0.1) is 0 Å². The average molecular weight is 278 g/mol.